The summed E-state index contributed by atoms with van der Waals surface area (Å²) in [6, 6.07) is 3.13. The Labute approximate surface area is 168 Å². The average Bonchev–Trinajstić information content (AvgIpc) is 2.91. The van der Waals surface area contributed by atoms with Crippen molar-refractivity contribution in [2.45, 2.75) is 50.8 Å². The Morgan fingerprint density at radius 2 is 2.00 bits per heavy atom. The number of hydrogen-bond donors (Lipinski definition) is 3. The number of rotatable bonds is 2. The number of benzene rings is 1. The van der Waals surface area contributed by atoms with Gasteiger partial charge in [0.25, 0.3) is 5.91 Å². The lowest BCUT2D eigenvalue weighted by molar-refractivity contribution is -0.115. The van der Waals surface area contributed by atoms with E-state index >= 15 is 0 Å². The molecule has 0 radical (unpaired) electrons. The molecule has 1 fully saturated rings. The Morgan fingerprint density at radius 1 is 1.32 bits per heavy atom. The summed E-state index contributed by atoms with van der Waals surface area (Å²) in [7, 11) is 0.234. The first kappa shape index (κ1) is 21.0. The van der Waals surface area contributed by atoms with Crippen LogP contribution in [0, 0.1) is 23.1 Å². The molecule has 0 bridgehead atoms. The van der Waals surface area contributed by atoms with E-state index in [2.05, 4.69) is 27.2 Å². The van der Waals surface area contributed by atoms with E-state index < -0.39 is 27.5 Å². The Balaban J connectivity index is 2.03. The molecule has 0 unspecified atom stereocenters. The van der Waals surface area contributed by atoms with Gasteiger partial charge >= 0.3 is 0 Å². The third-order valence-electron chi connectivity index (χ3n) is 5.61. The lowest BCUT2D eigenvalue weighted by atomic mass is 9.73. The van der Waals surface area contributed by atoms with Gasteiger partial charge in [-0.05, 0) is 81.8 Å². The summed E-state index contributed by atoms with van der Waals surface area (Å²) in [6.45, 7) is 7.59. The van der Waals surface area contributed by atoms with Gasteiger partial charge in [0.05, 0.1) is 27.3 Å². The molecule has 1 spiro atoms. The number of hydrogen-bond acceptors (Lipinski definition) is 3. The van der Waals surface area contributed by atoms with E-state index in [0.717, 1.165) is 43.5 Å². The highest BCUT2D eigenvalue weighted by molar-refractivity contribution is 7.84. The van der Waals surface area contributed by atoms with Crippen LogP contribution in [0.1, 0.15) is 56.3 Å². The van der Waals surface area contributed by atoms with E-state index in [0.29, 0.717) is 0 Å². The second-order valence-electron chi connectivity index (χ2n) is 8.58. The first-order chi connectivity index (χ1) is 13.2. The van der Waals surface area contributed by atoms with Crippen molar-refractivity contribution in [1.82, 2.24) is 15.4 Å². The number of carbonyl (C=O) groups is 1. The quantitative estimate of drug-likeness (QED) is 0.659. The lowest BCUT2D eigenvalue weighted by Gasteiger charge is -2.40. The number of piperidine rings is 1. The minimum atomic E-state index is -1.25. The molecule has 1 aromatic carbocycles. The molecule has 1 saturated heterocycles. The van der Waals surface area contributed by atoms with Crippen LogP contribution in [0.15, 0.2) is 12.1 Å². The van der Waals surface area contributed by atoms with Crippen LogP contribution < -0.4 is 15.4 Å². The largest absolute Gasteiger partial charge is 0.348 e. The summed E-state index contributed by atoms with van der Waals surface area (Å²) in [5.74, 6) is 4.16. The highest BCUT2D eigenvalue weighted by Crippen LogP contribution is 2.52. The third kappa shape index (κ3) is 4.14. The van der Waals surface area contributed by atoms with Gasteiger partial charge < -0.3 is 10.6 Å². The summed E-state index contributed by atoms with van der Waals surface area (Å²) in [5.41, 5.74) is 1.99. The molecule has 3 rings (SSSR count). The number of amides is 1. The van der Waals surface area contributed by atoms with Gasteiger partial charge in [-0.1, -0.05) is 5.92 Å². The minimum Gasteiger partial charge on any atom is -0.348 e. The van der Waals surface area contributed by atoms with Gasteiger partial charge in [0.15, 0.2) is 0 Å². The predicted octanol–water partition coefficient (Wildman–Crippen LogP) is 1.94. The molecule has 2 atom stereocenters. The summed E-state index contributed by atoms with van der Waals surface area (Å²) in [6.07, 6.45) is 2.62. The van der Waals surface area contributed by atoms with Crippen LogP contribution in [-0.4, -0.2) is 35.0 Å². The number of halogens is 1. The van der Waals surface area contributed by atoms with Crippen LogP contribution >= 0.6 is 0 Å². The van der Waals surface area contributed by atoms with Crippen molar-refractivity contribution in [2.75, 3.05) is 20.1 Å². The Bertz CT molecular complexity index is 861. The normalized spacial score (nSPS) is 21.5. The molecule has 3 N–H and O–H groups in total. The highest BCUT2D eigenvalue weighted by atomic mass is 32.2. The SMILES string of the molecule is CNC(=O)C#Cc1cc2c(cc1F)CC1(CCNCC1)[C@@H]2N[S@](=O)C(C)(C)C. The standard InChI is InChI=1S/C21H28FN3O2S/c1-20(2,3)28(27)25-19-16-11-14(5-6-18(26)23-4)17(22)12-15(16)13-21(19)7-9-24-10-8-21/h11-12,19,24-25H,7-10,13H2,1-4H3,(H,23,26)/t19-,28-/m1/s1. The van der Waals surface area contributed by atoms with Crippen LogP contribution in [0.25, 0.3) is 0 Å². The van der Waals surface area contributed by atoms with E-state index in [1.807, 2.05) is 20.8 Å². The van der Waals surface area contributed by atoms with E-state index in [1.165, 1.54) is 13.1 Å². The highest BCUT2D eigenvalue weighted by Gasteiger charge is 2.48. The molecule has 1 aromatic rings. The minimum absolute atomic E-state index is 0.0895. The van der Waals surface area contributed by atoms with E-state index in [1.54, 1.807) is 6.07 Å². The molecule has 1 amide bonds. The van der Waals surface area contributed by atoms with Gasteiger partial charge in [0.2, 0.25) is 0 Å². The fraction of sp³-hybridized carbons (Fsp3) is 0.571. The van der Waals surface area contributed by atoms with Crippen molar-refractivity contribution < 1.29 is 13.4 Å². The fourth-order valence-corrected chi connectivity index (χ4v) is 4.95. The molecule has 1 heterocycles. The van der Waals surface area contributed by atoms with Crippen molar-refractivity contribution in [1.29, 1.82) is 0 Å². The van der Waals surface area contributed by atoms with E-state index in [4.69, 9.17) is 0 Å². The summed E-state index contributed by atoms with van der Waals surface area (Å²) in [4.78, 5) is 11.4. The van der Waals surface area contributed by atoms with Crippen LogP contribution in [0.4, 0.5) is 4.39 Å². The van der Waals surface area contributed by atoms with Crippen LogP contribution in [0.2, 0.25) is 0 Å². The van der Waals surface area contributed by atoms with Gasteiger partial charge in [0, 0.05) is 13.0 Å². The van der Waals surface area contributed by atoms with Crippen molar-refractivity contribution in [3.63, 3.8) is 0 Å². The molecule has 1 aliphatic carbocycles. The maximum Gasteiger partial charge on any atom is 0.295 e. The zero-order valence-electron chi connectivity index (χ0n) is 16.9. The molecule has 0 aromatic heterocycles. The third-order valence-corrected chi connectivity index (χ3v) is 7.18. The summed E-state index contributed by atoms with van der Waals surface area (Å²) in [5, 5.41) is 5.79. The van der Waals surface area contributed by atoms with Gasteiger partial charge in [-0.15, -0.1) is 0 Å². The molecule has 1 aliphatic heterocycles. The zero-order valence-corrected chi connectivity index (χ0v) is 17.7. The molecular formula is C21H28FN3O2S. The van der Waals surface area contributed by atoms with E-state index in [-0.39, 0.29) is 17.0 Å². The number of nitrogens with one attached hydrogen (secondary N) is 3. The maximum atomic E-state index is 14.6. The fourth-order valence-electron chi connectivity index (χ4n) is 4.01. The van der Waals surface area contributed by atoms with Crippen molar-refractivity contribution in [3.05, 3.63) is 34.6 Å². The molecule has 28 heavy (non-hydrogen) atoms. The van der Waals surface area contributed by atoms with Gasteiger partial charge in [-0.2, -0.15) is 0 Å². The second kappa shape index (κ2) is 7.94. The second-order valence-corrected chi connectivity index (χ2v) is 10.6. The summed E-state index contributed by atoms with van der Waals surface area (Å²) < 4.78 is 30.4. The lowest BCUT2D eigenvalue weighted by Crippen LogP contribution is -2.46. The van der Waals surface area contributed by atoms with Crippen molar-refractivity contribution in [3.8, 4) is 11.8 Å². The molecule has 7 heteroatoms. The molecule has 5 nitrogen and oxygen atoms in total. The van der Waals surface area contributed by atoms with Crippen LogP contribution in [0.5, 0.6) is 0 Å². The van der Waals surface area contributed by atoms with E-state index in [9.17, 15) is 13.4 Å². The smallest absolute Gasteiger partial charge is 0.295 e. The number of fused-ring (bicyclic) bond motifs is 1. The Morgan fingerprint density at radius 3 is 2.61 bits per heavy atom. The Kier molecular flexibility index (Phi) is 5.95. The first-order valence-electron chi connectivity index (χ1n) is 9.61. The Hall–Kier alpha value is -1.75. The first-order valence-corrected chi connectivity index (χ1v) is 10.8. The zero-order chi connectivity index (χ0) is 20.5. The predicted molar refractivity (Wildman–Crippen MR) is 109 cm³/mol. The van der Waals surface area contributed by atoms with Crippen LogP contribution in [0.3, 0.4) is 0 Å². The maximum absolute atomic E-state index is 14.6. The molecule has 0 saturated carbocycles. The summed E-state index contributed by atoms with van der Waals surface area (Å²) >= 11 is 0. The topological polar surface area (TPSA) is 70.2 Å². The molecular weight excluding hydrogens is 377 g/mol. The van der Waals surface area contributed by atoms with Crippen molar-refractivity contribution in [2.24, 2.45) is 5.41 Å². The van der Waals surface area contributed by atoms with Crippen LogP contribution in [-0.2, 0) is 22.2 Å². The van der Waals surface area contributed by atoms with Gasteiger partial charge in [-0.25, -0.2) is 13.3 Å². The molecule has 152 valence electrons. The van der Waals surface area contributed by atoms with Gasteiger partial charge in [-0.3, -0.25) is 4.79 Å². The van der Waals surface area contributed by atoms with Crippen molar-refractivity contribution >= 4 is 16.9 Å². The van der Waals surface area contributed by atoms with Gasteiger partial charge in [0.1, 0.15) is 5.82 Å². The molecule has 2 aliphatic rings. The average molecular weight is 406 g/mol. The monoisotopic (exact) mass is 405 g/mol. The number of carbonyl (C=O) groups excluding carboxylic acids is 1.